The smallest absolute Gasteiger partial charge is 0.331 e. The summed E-state index contributed by atoms with van der Waals surface area (Å²) in [5.74, 6) is -0.913. The standard InChI is InChI=1S/C16H26N5O6P/c1-3-26-28(25,27-4-2)10-9-20(6-5-13(22)23)7-8-21-12-19-14-15(21)17-11-18-16(14)24/h11-12H,3-10H2,1-2H3,(H,22,23)(H,17,18,24). The van der Waals surface area contributed by atoms with Crippen LogP contribution in [-0.2, 0) is 25.0 Å². The molecule has 12 heteroatoms. The van der Waals surface area contributed by atoms with Crippen LogP contribution in [0.25, 0.3) is 11.2 Å². The summed E-state index contributed by atoms with van der Waals surface area (Å²) < 4.78 is 25.0. The molecule has 0 aliphatic rings. The molecule has 0 aromatic carbocycles. The van der Waals surface area contributed by atoms with E-state index in [-0.39, 0.29) is 43.4 Å². The normalized spacial score (nSPS) is 12.1. The number of nitrogens with one attached hydrogen (secondary N) is 1. The van der Waals surface area contributed by atoms with Gasteiger partial charge in [0, 0.05) is 26.2 Å². The van der Waals surface area contributed by atoms with E-state index in [9.17, 15) is 14.2 Å². The van der Waals surface area contributed by atoms with E-state index >= 15 is 0 Å². The molecule has 0 saturated carbocycles. The Kier molecular flexibility index (Phi) is 8.31. The van der Waals surface area contributed by atoms with Crippen LogP contribution in [0.2, 0.25) is 0 Å². The van der Waals surface area contributed by atoms with Gasteiger partial charge in [0.05, 0.1) is 38.5 Å². The number of hydrogen-bond acceptors (Lipinski definition) is 8. The van der Waals surface area contributed by atoms with Gasteiger partial charge in [0.25, 0.3) is 5.56 Å². The number of aromatic nitrogens is 4. The zero-order chi connectivity index (χ0) is 20.6. The average Bonchev–Trinajstić information content (AvgIpc) is 3.06. The Labute approximate surface area is 162 Å². The van der Waals surface area contributed by atoms with Gasteiger partial charge in [0.15, 0.2) is 11.2 Å². The molecule has 0 bridgehead atoms. The number of aromatic amines is 1. The van der Waals surface area contributed by atoms with Crippen LogP contribution in [0.3, 0.4) is 0 Å². The van der Waals surface area contributed by atoms with Gasteiger partial charge in [-0.05, 0) is 13.8 Å². The minimum atomic E-state index is -3.22. The first-order valence-corrected chi connectivity index (χ1v) is 10.8. The lowest BCUT2D eigenvalue weighted by Crippen LogP contribution is -2.32. The third-order valence-electron chi connectivity index (χ3n) is 4.05. The molecule has 2 aromatic heterocycles. The minimum absolute atomic E-state index is 0.0455. The number of imidazole rings is 1. The van der Waals surface area contributed by atoms with Gasteiger partial charge < -0.3 is 28.6 Å². The number of hydrogen-bond donors (Lipinski definition) is 2. The molecule has 0 radical (unpaired) electrons. The fourth-order valence-corrected chi connectivity index (χ4v) is 4.36. The zero-order valence-electron chi connectivity index (χ0n) is 16.0. The number of aliphatic carboxylic acids is 1. The maximum Gasteiger partial charge on any atom is 0.331 e. The monoisotopic (exact) mass is 415 g/mol. The summed E-state index contributed by atoms with van der Waals surface area (Å²) in [6.45, 7) is 5.58. The summed E-state index contributed by atoms with van der Waals surface area (Å²) in [5.41, 5.74) is 0.383. The Morgan fingerprint density at radius 3 is 2.61 bits per heavy atom. The number of carbonyl (C=O) groups is 1. The van der Waals surface area contributed by atoms with Crippen molar-refractivity contribution in [2.75, 3.05) is 39.0 Å². The third-order valence-corrected chi connectivity index (χ3v) is 6.10. The molecule has 28 heavy (non-hydrogen) atoms. The molecule has 156 valence electrons. The molecule has 11 nitrogen and oxygen atoms in total. The number of carboxylic acid groups (broad SMARTS) is 1. The van der Waals surface area contributed by atoms with Crippen LogP contribution >= 0.6 is 7.60 Å². The molecular formula is C16H26N5O6P. The quantitative estimate of drug-likeness (QED) is 0.461. The van der Waals surface area contributed by atoms with Crippen LogP contribution in [-0.4, -0.2) is 74.5 Å². The highest BCUT2D eigenvalue weighted by atomic mass is 31.2. The van der Waals surface area contributed by atoms with E-state index in [1.165, 1.54) is 12.7 Å². The number of nitrogens with zero attached hydrogens (tertiary/aromatic N) is 4. The van der Waals surface area contributed by atoms with Gasteiger partial charge in [0.2, 0.25) is 0 Å². The topological polar surface area (TPSA) is 140 Å². The molecular weight excluding hydrogens is 389 g/mol. The van der Waals surface area contributed by atoms with Gasteiger partial charge in [-0.1, -0.05) is 0 Å². The number of carboxylic acids is 1. The van der Waals surface area contributed by atoms with Crippen molar-refractivity contribution in [2.24, 2.45) is 0 Å². The number of rotatable bonds is 13. The second-order valence-corrected chi connectivity index (χ2v) is 8.18. The highest BCUT2D eigenvalue weighted by Crippen LogP contribution is 2.47. The van der Waals surface area contributed by atoms with E-state index in [0.29, 0.717) is 25.3 Å². The predicted octanol–water partition coefficient (Wildman–Crippen LogP) is 1.16. The molecule has 0 atom stereocenters. The molecule has 0 aliphatic heterocycles. The van der Waals surface area contributed by atoms with Gasteiger partial charge in [-0.2, -0.15) is 0 Å². The van der Waals surface area contributed by atoms with Crippen molar-refractivity contribution in [3.05, 3.63) is 23.0 Å². The van der Waals surface area contributed by atoms with Crippen LogP contribution in [0.4, 0.5) is 0 Å². The molecule has 0 fully saturated rings. The van der Waals surface area contributed by atoms with Gasteiger partial charge in [-0.25, -0.2) is 9.97 Å². The highest BCUT2D eigenvalue weighted by molar-refractivity contribution is 7.53. The van der Waals surface area contributed by atoms with Gasteiger partial charge in [-0.15, -0.1) is 0 Å². The predicted molar refractivity (Wildman–Crippen MR) is 103 cm³/mol. The Balaban J connectivity index is 2.05. The van der Waals surface area contributed by atoms with Crippen molar-refractivity contribution in [3.63, 3.8) is 0 Å². The summed E-state index contributed by atoms with van der Waals surface area (Å²) in [6, 6.07) is 0. The van der Waals surface area contributed by atoms with Gasteiger partial charge in [0.1, 0.15) is 0 Å². The molecule has 0 spiro atoms. The first kappa shape index (κ1) is 22.2. The molecule has 2 aromatic rings. The zero-order valence-corrected chi connectivity index (χ0v) is 16.9. The summed E-state index contributed by atoms with van der Waals surface area (Å²) in [5, 5.41) is 8.99. The molecule has 0 aliphatic carbocycles. The Morgan fingerprint density at radius 2 is 1.96 bits per heavy atom. The van der Waals surface area contributed by atoms with E-state index in [1.54, 1.807) is 18.4 Å². The minimum Gasteiger partial charge on any atom is -0.481 e. The van der Waals surface area contributed by atoms with Crippen LogP contribution in [0.15, 0.2) is 17.4 Å². The first-order chi connectivity index (χ1) is 13.4. The molecule has 2 rings (SSSR count). The van der Waals surface area contributed by atoms with E-state index < -0.39 is 13.6 Å². The fourth-order valence-electron chi connectivity index (χ4n) is 2.72. The number of H-pyrrole nitrogens is 1. The molecule has 2 N–H and O–H groups in total. The largest absolute Gasteiger partial charge is 0.481 e. The summed E-state index contributed by atoms with van der Waals surface area (Å²) in [4.78, 5) is 35.2. The van der Waals surface area contributed by atoms with Crippen LogP contribution in [0, 0.1) is 0 Å². The maximum atomic E-state index is 12.7. The maximum absolute atomic E-state index is 12.7. The van der Waals surface area contributed by atoms with Crippen LogP contribution < -0.4 is 5.56 Å². The van der Waals surface area contributed by atoms with Gasteiger partial charge in [-0.3, -0.25) is 14.2 Å². The third kappa shape index (κ3) is 6.23. The first-order valence-electron chi connectivity index (χ1n) is 9.09. The number of fused-ring (bicyclic) bond motifs is 1. The van der Waals surface area contributed by atoms with E-state index in [2.05, 4.69) is 15.0 Å². The van der Waals surface area contributed by atoms with Crippen molar-refractivity contribution in [1.29, 1.82) is 0 Å². The molecule has 0 amide bonds. The SMILES string of the molecule is CCOP(=O)(CCN(CCC(=O)O)CCn1cnc2c(=O)[nH]cnc21)OCC. The Morgan fingerprint density at radius 1 is 1.25 bits per heavy atom. The summed E-state index contributed by atoms with van der Waals surface area (Å²) in [6.07, 6.45) is 2.95. The highest BCUT2D eigenvalue weighted by Gasteiger charge is 2.24. The second kappa shape index (κ2) is 10.5. The summed E-state index contributed by atoms with van der Waals surface area (Å²) in [7, 11) is -3.22. The van der Waals surface area contributed by atoms with Crippen LogP contribution in [0.1, 0.15) is 20.3 Å². The molecule has 0 unspecified atom stereocenters. The average molecular weight is 415 g/mol. The fraction of sp³-hybridized carbons (Fsp3) is 0.625. The van der Waals surface area contributed by atoms with E-state index in [0.717, 1.165) is 0 Å². The van der Waals surface area contributed by atoms with Crippen molar-refractivity contribution in [2.45, 2.75) is 26.8 Å². The van der Waals surface area contributed by atoms with Gasteiger partial charge >= 0.3 is 13.6 Å². The lowest BCUT2D eigenvalue weighted by atomic mass is 10.3. The Bertz CT molecular complexity index is 872. The Hall–Kier alpha value is -2.07. The van der Waals surface area contributed by atoms with Crippen molar-refractivity contribution in [1.82, 2.24) is 24.4 Å². The van der Waals surface area contributed by atoms with E-state index in [1.807, 2.05) is 4.90 Å². The van der Waals surface area contributed by atoms with Crippen molar-refractivity contribution in [3.8, 4) is 0 Å². The summed E-state index contributed by atoms with van der Waals surface area (Å²) >= 11 is 0. The van der Waals surface area contributed by atoms with Crippen LogP contribution in [0.5, 0.6) is 0 Å². The van der Waals surface area contributed by atoms with Crippen molar-refractivity contribution >= 4 is 24.7 Å². The lowest BCUT2D eigenvalue weighted by Gasteiger charge is -2.24. The van der Waals surface area contributed by atoms with E-state index in [4.69, 9.17) is 14.2 Å². The lowest BCUT2D eigenvalue weighted by molar-refractivity contribution is -0.137. The van der Waals surface area contributed by atoms with Crippen molar-refractivity contribution < 1.29 is 23.5 Å². The molecule has 2 heterocycles. The molecule has 0 saturated heterocycles. The second-order valence-electron chi connectivity index (χ2n) is 6.00.